The van der Waals surface area contributed by atoms with Crippen LogP contribution in [0.1, 0.15) is 24.3 Å². The molecule has 0 aliphatic carbocycles. The summed E-state index contributed by atoms with van der Waals surface area (Å²) in [5.74, 6) is -1.12. The second-order valence-electron chi connectivity index (χ2n) is 7.76. The zero-order valence-corrected chi connectivity index (χ0v) is 20.2. The van der Waals surface area contributed by atoms with Crippen LogP contribution in [0.25, 0.3) is 10.9 Å². The summed E-state index contributed by atoms with van der Waals surface area (Å²) < 4.78 is 15.4. The van der Waals surface area contributed by atoms with Gasteiger partial charge < -0.3 is 28.9 Å². The number of amides is 3. The third-order valence-corrected chi connectivity index (χ3v) is 5.51. The predicted octanol–water partition coefficient (Wildman–Crippen LogP) is 1.55. The number of benzene rings is 1. The summed E-state index contributed by atoms with van der Waals surface area (Å²) in [6.07, 6.45) is -0.421. The molecule has 1 aliphatic rings. The van der Waals surface area contributed by atoms with Gasteiger partial charge in [-0.2, -0.15) is 0 Å². The fourth-order valence-electron chi connectivity index (χ4n) is 3.76. The monoisotopic (exact) mass is 486 g/mol. The van der Waals surface area contributed by atoms with Crippen LogP contribution in [0.15, 0.2) is 30.3 Å². The number of aromatic nitrogens is 1. The highest BCUT2D eigenvalue weighted by Crippen LogP contribution is 2.25. The van der Waals surface area contributed by atoms with Gasteiger partial charge in [0.25, 0.3) is 5.91 Å². The lowest BCUT2D eigenvalue weighted by molar-refractivity contribution is -0.144. The number of nitrogens with zero attached hydrogens (tertiary/aromatic N) is 4. The van der Waals surface area contributed by atoms with E-state index in [0.717, 1.165) is 10.3 Å². The average molecular weight is 487 g/mol. The van der Waals surface area contributed by atoms with Crippen molar-refractivity contribution in [1.82, 2.24) is 19.7 Å². The van der Waals surface area contributed by atoms with Crippen molar-refractivity contribution in [2.24, 2.45) is 0 Å². The quantitative estimate of drug-likeness (QED) is 0.516. The summed E-state index contributed by atoms with van der Waals surface area (Å²) in [4.78, 5) is 59.1. The molecule has 0 saturated carbocycles. The lowest BCUT2D eigenvalue weighted by Gasteiger charge is -2.35. The molecule has 2 heterocycles. The minimum absolute atomic E-state index is 0.0461. The van der Waals surface area contributed by atoms with Gasteiger partial charge in [0.05, 0.1) is 25.8 Å². The van der Waals surface area contributed by atoms with Crippen molar-refractivity contribution in [1.29, 1.82) is 0 Å². The Balaban J connectivity index is 1.77. The summed E-state index contributed by atoms with van der Waals surface area (Å²) in [6, 6.07) is 8.69. The van der Waals surface area contributed by atoms with Gasteiger partial charge in [0.1, 0.15) is 24.5 Å². The van der Waals surface area contributed by atoms with E-state index in [9.17, 15) is 19.2 Å². The molecule has 1 aliphatic heterocycles. The molecule has 35 heavy (non-hydrogen) atoms. The second-order valence-corrected chi connectivity index (χ2v) is 7.76. The summed E-state index contributed by atoms with van der Waals surface area (Å²) in [5.41, 5.74) is 0.595. The lowest BCUT2D eigenvalue weighted by Crippen LogP contribution is -2.53. The Hall–Kier alpha value is -3.89. The molecule has 0 bridgehead atoms. The van der Waals surface area contributed by atoms with E-state index >= 15 is 0 Å². The molecule has 2 aromatic rings. The van der Waals surface area contributed by atoms with Gasteiger partial charge in [0.2, 0.25) is 5.91 Å². The van der Waals surface area contributed by atoms with Crippen molar-refractivity contribution in [3.63, 3.8) is 0 Å². The first-order valence-corrected chi connectivity index (χ1v) is 11.5. The maximum atomic E-state index is 13.4. The zero-order valence-electron chi connectivity index (χ0n) is 20.2. The first kappa shape index (κ1) is 25.7. The van der Waals surface area contributed by atoms with Gasteiger partial charge in [0.15, 0.2) is 0 Å². The fraction of sp³-hybridized carbons (Fsp3) is 0.458. The third kappa shape index (κ3) is 6.37. The van der Waals surface area contributed by atoms with Crippen LogP contribution in [0.5, 0.6) is 5.75 Å². The van der Waals surface area contributed by atoms with Crippen LogP contribution < -0.4 is 4.74 Å². The normalized spacial score (nSPS) is 13.3. The standard InChI is InChI=1S/C24H30N4O7/c1-4-34-22(30)16-28(15-21(29)26-10-12-27(13-11-26)24(32)35-5-2)23(31)19-14-20(33-3)17-8-6-7-9-18(17)25-19/h6-9,14H,4-5,10-13,15-16H2,1-3H3. The van der Waals surface area contributed by atoms with Gasteiger partial charge in [-0.1, -0.05) is 12.1 Å². The number of hydrogen-bond donors (Lipinski definition) is 0. The van der Waals surface area contributed by atoms with E-state index in [2.05, 4.69) is 4.98 Å². The Labute approximate surface area is 203 Å². The highest BCUT2D eigenvalue weighted by Gasteiger charge is 2.29. The van der Waals surface area contributed by atoms with E-state index in [1.54, 1.807) is 30.9 Å². The van der Waals surface area contributed by atoms with E-state index < -0.39 is 24.5 Å². The number of carbonyl (C=O) groups is 4. The Kier molecular flexibility index (Phi) is 8.82. The average Bonchev–Trinajstić information content (AvgIpc) is 2.87. The van der Waals surface area contributed by atoms with Crippen LogP contribution in [-0.2, 0) is 19.1 Å². The van der Waals surface area contributed by atoms with Crippen molar-refractivity contribution in [2.75, 3.05) is 59.6 Å². The van der Waals surface area contributed by atoms with Crippen molar-refractivity contribution >= 4 is 34.8 Å². The number of hydrogen-bond acceptors (Lipinski definition) is 8. The molecule has 11 nitrogen and oxygen atoms in total. The molecule has 11 heteroatoms. The molecule has 0 radical (unpaired) electrons. The van der Waals surface area contributed by atoms with Gasteiger partial charge in [0, 0.05) is 37.6 Å². The maximum Gasteiger partial charge on any atom is 0.409 e. The Bertz CT molecular complexity index is 1080. The number of piperazine rings is 1. The van der Waals surface area contributed by atoms with E-state index in [0.29, 0.717) is 37.4 Å². The smallest absolute Gasteiger partial charge is 0.409 e. The van der Waals surface area contributed by atoms with Gasteiger partial charge in [-0.05, 0) is 26.0 Å². The first-order valence-electron chi connectivity index (χ1n) is 11.5. The molecule has 3 rings (SSSR count). The van der Waals surface area contributed by atoms with E-state index in [-0.39, 0.29) is 31.4 Å². The van der Waals surface area contributed by atoms with Crippen LogP contribution in [0.2, 0.25) is 0 Å². The second kappa shape index (κ2) is 12.0. The van der Waals surface area contributed by atoms with Crippen LogP contribution in [-0.4, -0.2) is 103 Å². The minimum atomic E-state index is -0.631. The largest absolute Gasteiger partial charge is 0.496 e. The molecule has 0 spiro atoms. The molecule has 0 atom stereocenters. The number of ether oxygens (including phenoxy) is 3. The van der Waals surface area contributed by atoms with Crippen LogP contribution in [0.3, 0.4) is 0 Å². The topological polar surface area (TPSA) is 119 Å². The summed E-state index contributed by atoms with van der Waals surface area (Å²) in [6.45, 7) is 4.29. The SMILES string of the molecule is CCOC(=O)CN(CC(=O)N1CCN(C(=O)OCC)CC1)C(=O)c1cc(OC)c2ccccc2n1. The van der Waals surface area contributed by atoms with Gasteiger partial charge in [-0.3, -0.25) is 14.4 Å². The van der Waals surface area contributed by atoms with Crippen molar-refractivity contribution in [3.8, 4) is 5.75 Å². The molecule has 1 fully saturated rings. The van der Waals surface area contributed by atoms with Gasteiger partial charge in [-0.25, -0.2) is 9.78 Å². The number of fused-ring (bicyclic) bond motifs is 1. The fourth-order valence-corrected chi connectivity index (χ4v) is 3.76. The Morgan fingerprint density at radius 1 is 0.943 bits per heavy atom. The molecule has 1 saturated heterocycles. The van der Waals surface area contributed by atoms with E-state index in [4.69, 9.17) is 14.2 Å². The summed E-state index contributed by atoms with van der Waals surface area (Å²) in [7, 11) is 1.49. The summed E-state index contributed by atoms with van der Waals surface area (Å²) >= 11 is 0. The Morgan fingerprint density at radius 3 is 2.26 bits per heavy atom. The zero-order chi connectivity index (χ0) is 25.4. The van der Waals surface area contributed by atoms with Crippen molar-refractivity contribution in [3.05, 3.63) is 36.0 Å². The number of para-hydroxylation sites is 1. The summed E-state index contributed by atoms with van der Waals surface area (Å²) in [5, 5.41) is 0.735. The molecule has 3 amide bonds. The highest BCUT2D eigenvalue weighted by molar-refractivity contribution is 6.00. The minimum Gasteiger partial charge on any atom is -0.496 e. The number of methoxy groups -OCH3 is 1. The van der Waals surface area contributed by atoms with Gasteiger partial charge in [-0.15, -0.1) is 0 Å². The molecular formula is C24H30N4O7. The lowest BCUT2D eigenvalue weighted by atomic mass is 10.1. The molecule has 188 valence electrons. The number of rotatable bonds is 8. The van der Waals surface area contributed by atoms with E-state index in [1.807, 2.05) is 12.1 Å². The molecule has 0 unspecified atom stereocenters. The maximum absolute atomic E-state index is 13.4. The van der Waals surface area contributed by atoms with Gasteiger partial charge >= 0.3 is 12.1 Å². The molecule has 0 N–H and O–H groups in total. The number of carbonyl (C=O) groups excluding carboxylic acids is 4. The van der Waals surface area contributed by atoms with Crippen LogP contribution in [0.4, 0.5) is 4.79 Å². The highest BCUT2D eigenvalue weighted by atomic mass is 16.6. The molecule has 1 aromatic carbocycles. The van der Waals surface area contributed by atoms with E-state index in [1.165, 1.54) is 18.1 Å². The van der Waals surface area contributed by atoms with Crippen molar-refractivity contribution in [2.45, 2.75) is 13.8 Å². The third-order valence-electron chi connectivity index (χ3n) is 5.51. The Morgan fingerprint density at radius 2 is 1.60 bits per heavy atom. The van der Waals surface area contributed by atoms with Crippen LogP contribution >= 0.6 is 0 Å². The first-order chi connectivity index (χ1) is 16.9. The molecular weight excluding hydrogens is 456 g/mol. The predicted molar refractivity (Wildman–Crippen MR) is 126 cm³/mol. The van der Waals surface area contributed by atoms with Crippen molar-refractivity contribution < 1.29 is 33.4 Å². The number of pyridine rings is 1. The number of esters is 1. The molecule has 1 aromatic heterocycles. The van der Waals surface area contributed by atoms with Crippen LogP contribution in [0, 0.1) is 0 Å².